The standard InChI is InChI=1S/C17H22F3NOS/c1-12-5-7-13(8-6-12)11-21-16(22)10-14-3-2-4-15(9-14)23-17(18,19)20/h2-4,9,12-13H,5-8,10-11H2,1H3,(H,21,22). The molecular formula is C17H22F3NOS. The number of thioether (sulfide) groups is 1. The van der Waals surface area contributed by atoms with Gasteiger partial charge in [0.1, 0.15) is 0 Å². The number of benzene rings is 1. The van der Waals surface area contributed by atoms with E-state index in [9.17, 15) is 18.0 Å². The number of hydrogen-bond acceptors (Lipinski definition) is 2. The zero-order valence-corrected chi connectivity index (χ0v) is 14.0. The third kappa shape index (κ3) is 6.85. The molecular weight excluding hydrogens is 323 g/mol. The first-order valence-electron chi connectivity index (χ1n) is 7.93. The molecule has 0 aromatic heterocycles. The average molecular weight is 345 g/mol. The van der Waals surface area contributed by atoms with Crippen molar-refractivity contribution in [3.8, 4) is 0 Å². The predicted octanol–water partition coefficient (Wildman–Crippen LogP) is 4.78. The minimum absolute atomic E-state index is 0.115. The van der Waals surface area contributed by atoms with Crippen LogP contribution in [0.1, 0.15) is 38.2 Å². The number of amides is 1. The number of carbonyl (C=O) groups excluding carboxylic acids is 1. The highest BCUT2D eigenvalue weighted by molar-refractivity contribution is 8.00. The van der Waals surface area contributed by atoms with Gasteiger partial charge in [-0.2, -0.15) is 13.2 Å². The van der Waals surface area contributed by atoms with Crippen LogP contribution in [0.25, 0.3) is 0 Å². The van der Waals surface area contributed by atoms with Crippen molar-refractivity contribution in [3.63, 3.8) is 0 Å². The van der Waals surface area contributed by atoms with E-state index in [-0.39, 0.29) is 29.0 Å². The van der Waals surface area contributed by atoms with Gasteiger partial charge in [-0.3, -0.25) is 4.79 Å². The van der Waals surface area contributed by atoms with Crippen molar-refractivity contribution in [1.82, 2.24) is 5.32 Å². The van der Waals surface area contributed by atoms with Crippen LogP contribution in [0.2, 0.25) is 0 Å². The van der Waals surface area contributed by atoms with E-state index in [1.165, 1.54) is 25.0 Å². The van der Waals surface area contributed by atoms with Crippen molar-refractivity contribution in [3.05, 3.63) is 29.8 Å². The van der Waals surface area contributed by atoms with E-state index in [0.717, 1.165) is 18.8 Å². The Bertz CT molecular complexity index is 525. The van der Waals surface area contributed by atoms with Gasteiger partial charge in [-0.1, -0.05) is 31.9 Å². The molecule has 1 fully saturated rings. The number of halogens is 3. The largest absolute Gasteiger partial charge is 0.446 e. The van der Waals surface area contributed by atoms with Gasteiger partial charge in [0.25, 0.3) is 0 Å². The summed E-state index contributed by atoms with van der Waals surface area (Å²) in [4.78, 5) is 12.1. The molecule has 6 heteroatoms. The van der Waals surface area contributed by atoms with Crippen molar-refractivity contribution >= 4 is 17.7 Å². The molecule has 2 nitrogen and oxygen atoms in total. The smallest absolute Gasteiger partial charge is 0.356 e. The molecule has 0 saturated heterocycles. The molecule has 23 heavy (non-hydrogen) atoms. The van der Waals surface area contributed by atoms with Gasteiger partial charge in [0.05, 0.1) is 6.42 Å². The lowest BCUT2D eigenvalue weighted by atomic mass is 9.83. The predicted molar refractivity (Wildman–Crippen MR) is 86.2 cm³/mol. The molecule has 1 aromatic rings. The summed E-state index contributed by atoms with van der Waals surface area (Å²) < 4.78 is 37.1. The maximum atomic E-state index is 12.4. The molecule has 1 saturated carbocycles. The molecule has 1 N–H and O–H groups in total. The van der Waals surface area contributed by atoms with Crippen LogP contribution in [0.5, 0.6) is 0 Å². The van der Waals surface area contributed by atoms with E-state index >= 15 is 0 Å². The Labute approximate surface area is 139 Å². The van der Waals surface area contributed by atoms with Gasteiger partial charge < -0.3 is 5.32 Å². The summed E-state index contributed by atoms with van der Waals surface area (Å²) in [7, 11) is 0. The Morgan fingerprint density at radius 1 is 1.26 bits per heavy atom. The SMILES string of the molecule is CC1CCC(CNC(=O)Cc2cccc(SC(F)(F)F)c2)CC1. The fourth-order valence-corrected chi connectivity index (χ4v) is 3.52. The lowest BCUT2D eigenvalue weighted by Crippen LogP contribution is -2.32. The molecule has 1 aromatic carbocycles. The van der Waals surface area contributed by atoms with Gasteiger partial charge in [-0.15, -0.1) is 0 Å². The Hall–Kier alpha value is -1.17. The highest BCUT2D eigenvalue weighted by Crippen LogP contribution is 2.37. The van der Waals surface area contributed by atoms with Gasteiger partial charge in [0.15, 0.2) is 0 Å². The first kappa shape index (κ1) is 18.2. The minimum atomic E-state index is -4.31. The molecule has 0 unspecified atom stereocenters. The molecule has 2 rings (SSSR count). The van der Waals surface area contributed by atoms with Crippen LogP contribution in [0.15, 0.2) is 29.2 Å². The fourth-order valence-electron chi connectivity index (χ4n) is 2.89. The lowest BCUT2D eigenvalue weighted by molar-refractivity contribution is -0.120. The maximum absolute atomic E-state index is 12.4. The number of rotatable bonds is 5. The molecule has 1 aliphatic rings. The summed E-state index contributed by atoms with van der Waals surface area (Å²) in [5.41, 5.74) is -3.70. The third-order valence-electron chi connectivity index (χ3n) is 4.22. The van der Waals surface area contributed by atoms with Gasteiger partial charge in [0.2, 0.25) is 5.91 Å². The monoisotopic (exact) mass is 345 g/mol. The van der Waals surface area contributed by atoms with Crippen molar-refractivity contribution in [2.45, 2.75) is 49.4 Å². The van der Waals surface area contributed by atoms with Crippen molar-refractivity contribution in [1.29, 1.82) is 0 Å². The highest BCUT2D eigenvalue weighted by Gasteiger charge is 2.29. The first-order valence-corrected chi connectivity index (χ1v) is 8.75. The lowest BCUT2D eigenvalue weighted by Gasteiger charge is -2.26. The molecule has 128 valence electrons. The third-order valence-corrected chi connectivity index (χ3v) is 4.94. The Kier molecular flexibility index (Phi) is 6.39. The van der Waals surface area contributed by atoms with Crippen LogP contribution in [-0.2, 0) is 11.2 Å². The highest BCUT2D eigenvalue weighted by atomic mass is 32.2. The van der Waals surface area contributed by atoms with E-state index in [1.807, 2.05) is 0 Å². The summed E-state index contributed by atoms with van der Waals surface area (Å²) in [6.07, 6.45) is 4.81. The molecule has 0 atom stereocenters. The van der Waals surface area contributed by atoms with Crippen molar-refractivity contribution in [2.75, 3.05) is 6.54 Å². The van der Waals surface area contributed by atoms with Crippen LogP contribution in [0, 0.1) is 11.8 Å². The van der Waals surface area contributed by atoms with Crippen LogP contribution in [-0.4, -0.2) is 18.0 Å². The molecule has 1 amide bonds. The molecule has 0 radical (unpaired) electrons. The number of nitrogens with one attached hydrogen (secondary N) is 1. The van der Waals surface area contributed by atoms with Gasteiger partial charge in [0, 0.05) is 11.4 Å². The van der Waals surface area contributed by atoms with E-state index in [2.05, 4.69) is 12.2 Å². The Morgan fingerprint density at radius 3 is 2.61 bits per heavy atom. The quantitative estimate of drug-likeness (QED) is 0.778. The Morgan fingerprint density at radius 2 is 1.96 bits per heavy atom. The summed E-state index contributed by atoms with van der Waals surface area (Å²) in [5.74, 6) is 1.18. The van der Waals surface area contributed by atoms with E-state index in [0.29, 0.717) is 18.0 Å². The second-order valence-electron chi connectivity index (χ2n) is 6.30. The van der Waals surface area contributed by atoms with E-state index in [4.69, 9.17) is 0 Å². The average Bonchev–Trinajstić information content (AvgIpc) is 2.45. The van der Waals surface area contributed by atoms with Crippen molar-refractivity contribution < 1.29 is 18.0 Å². The second-order valence-corrected chi connectivity index (χ2v) is 7.44. The first-order chi connectivity index (χ1) is 10.8. The Balaban J connectivity index is 1.79. The van der Waals surface area contributed by atoms with Crippen LogP contribution in [0.4, 0.5) is 13.2 Å². The fraction of sp³-hybridized carbons (Fsp3) is 0.588. The minimum Gasteiger partial charge on any atom is -0.356 e. The summed E-state index contributed by atoms with van der Waals surface area (Å²) in [6, 6.07) is 6.07. The zero-order valence-electron chi connectivity index (χ0n) is 13.2. The van der Waals surface area contributed by atoms with Crippen LogP contribution >= 0.6 is 11.8 Å². The number of hydrogen-bond donors (Lipinski definition) is 1. The number of alkyl halides is 3. The molecule has 0 spiro atoms. The molecule has 0 bridgehead atoms. The van der Waals surface area contributed by atoms with E-state index < -0.39 is 5.51 Å². The normalized spacial score (nSPS) is 21.9. The molecule has 0 aliphatic heterocycles. The topological polar surface area (TPSA) is 29.1 Å². The van der Waals surface area contributed by atoms with Crippen LogP contribution in [0.3, 0.4) is 0 Å². The number of carbonyl (C=O) groups is 1. The summed E-state index contributed by atoms with van der Waals surface area (Å²) in [6.45, 7) is 2.92. The second kappa shape index (κ2) is 8.08. The van der Waals surface area contributed by atoms with Gasteiger partial charge in [-0.25, -0.2) is 0 Å². The summed E-state index contributed by atoms with van der Waals surface area (Å²) in [5, 5.41) is 2.92. The molecule has 0 heterocycles. The van der Waals surface area contributed by atoms with Crippen LogP contribution < -0.4 is 5.32 Å². The van der Waals surface area contributed by atoms with Gasteiger partial charge in [-0.05, 0) is 54.1 Å². The molecule has 1 aliphatic carbocycles. The van der Waals surface area contributed by atoms with Gasteiger partial charge >= 0.3 is 5.51 Å². The maximum Gasteiger partial charge on any atom is 0.446 e. The summed E-state index contributed by atoms with van der Waals surface area (Å²) >= 11 is -0.153. The zero-order chi connectivity index (χ0) is 16.9. The van der Waals surface area contributed by atoms with E-state index in [1.54, 1.807) is 12.1 Å². The van der Waals surface area contributed by atoms with Crippen molar-refractivity contribution in [2.24, 2.45) is 11.8 Å².